The largest absolute Gasteiger partial charge is 0.497 e. The lowest BCUT2D eigenvalue weighted by Gasteiger charge is -2.24. The third-order valence-corrected chi connectivity index (χ3v) is 6.76. The summed E-state index contributed by atoms with van der Waals surface area (Å²) in [5.41, 5.74) is 4.82. The van der Waals surface area contributed by atoms with E-state index in [9.17, 15) is 13.2 Å². The van der Waals surface area contributed by atoms with Gasteiger partial charge in [0.1, 0.15) is 10.6 Å². The Balaban J connectivity index is 1.75. The summed E-state index contributed by atoms with van der Waals surface area (Å²) in [5, 5.41) is 0.0446. The van der Waals surface area contributed by atoms with Crippen molar-refractivity contribution >= 4 is 39.0 Å². The number of methoxy groups -OCH3 is 1. The maximum atomic E-state index is 12.7. The number of hydrogen-bond acceptors (Lipinski definition) is 5. The number of hydrazine groups is 1. The summed E-state index contributed by atoms with van der Waals surface area (Å²) in [4.78, 5) is 14.2. The fourth-order valence-electron chi connectivity index (χ4n) is 3.22. The molecular formula is C20H20Cl2N2O4S. The van der Waals surface area contributed by atoms with Crippen LogP contribution in [0.25, 0.3) is 0 Å². The van der Waals surface area contributed by atoms with E-state index in [1.54, 1.807) is 14.0 Å². The van der Waals surface area contributed by atoms with E-state index in [1.807, 2.05) is 24.3 Å². The molecule has 0 aliphatic heterocycles. The molecule has 0 aromatic heterocycles. The zero-order chi connectivity index (χ0) is 21.2. The van der Waals surface area contributed by atoms with Crippen molar-refractivity contribution in [1.29, 1.82) is 0 Å². The van der Waals surface area contributed by atoms with E-state index in [4.69, 9.17) is 27.9 Å². The monoisotopic (exact) mass is 454 g/mol. The van der Waals surface area contributed by atoms with Crippen LogP contribution in [0.3, 0.4) is 0 Å². The molecule has 0 unspecified atom stereocenters. The first-order valence-electron chi connectivity index (χ1n) is 8.80. The van der Waals surface area contributed by atoms with E-state index < -0.39 is 10.0 Å². The predicted molar refractivity (Wildman–Crippen MR) is 113 cm³/mol. The smallest absolute Gasteiger partial charge is 0.260 e. The number of carbonyl (C=O) groups excluding carboxylic acids is 1. The fourth-order valence-corrected chi connectivity index (χ4v) is 5.42. The van der Waals surface area contributed by atoms with Gasteiger partial charge in [-0.15, -0.1) is 4.83 Å². The van der Waals surface area contributed by atoms with Gasteiger partial charge in [0.05, 0.1) is 17.2 Å². The Morgan fingerprint density at radius 1 is 1.07 bits per heavy atom. The van der Waals surface area contributed by atoms with E-state index in [0.29, 0.717) is 18.5 Å². The average Bonchev–Trinajstić information content (AvgIpc) is 2.65. The molecule has 1 aliphatic rings. The third kappa shape index (κ3) is 5.11. The number of hydrogen-bond donors (Lipinski definition) is 2. The molecule has 2 N–H and O–H groups in total. The van der Waals surface area contributed by atoms with Gasteiger partial charge in [-0.3, -0.25) is 4.79 Å². The lowest BCUT2D eigenvalue weighted by molar-refractivity contribution is -0.115. The van der Waals surface area contributed by atoms with Crippen molar-refractivity contribution in [2.45, 2.75) is 30.6 Å². The first kappa shape index (κ1) is 21.6. The highest BCUT2D eigenvalue weighted by Crippen LogP contribution is 2.32. The number of benzene rings is 2. The quantitative estimate of drug-likeness (QED) is 0.641. The first-order chi connectivity index (χ1) is 13.7. The zero-order valence-electron chi connectivity index (χ0n) is 15.8. The van der Waals surface area contributed by atoms with Crippen LogP contribution in [0.2, 0.25) is 10.0 Å². The first-order valence-corrected chi connectivity index (χ1v) is 11.0. The fraction of sp³-hybridized carbons (Fsp3) is 0.250. The van der Waals surface area contributed by atoms with Crippen LogP contribution in [0.15, 0.2) is 53.1 Å². The van der Waals surface area contributed by atoms with Gasteiger partial charge in [-0.25, -0.2) is 8.42 Å². The summed E-state index contributed by atoms with van der Waals surface area (Å²) >= 11 is 12.2. The van der Waals surface area contributed by atoms with Crippen molar-refractivity contribution in [3.8, 4) is 5.75 Å². The number of ether oxygens (including phenoxy) is 1. The number of halogens is 2. The third-order valence-electron chi connectivity index (χ3n) is 4.59. The highest BCUT2D eigenvalue weighted by atomic mass is 35.5. The van der Waals surface area contributed by atoms with Crippen molar-refractivity contribution in [2.75, 3.05) is 7.11 Å². The van der Waals surface area contributed by atoms with E-state index in [0.717, 1.165) is 16.9 Å². The van der Waals surface area contributed by atoms with Gasteiger partial charge < -0.3 is 10.2 Å². The molecule has 0 saturated carbocycles. The topological polar surface area (TPSA) is 84.5 Å². The summed E-state index contributed by atoms with van der Waals surface area (Å²) in [5.74, 6) is 0.562. The number of rotatable bonds is 6. The van der Waals surface area contributed by atoms with Crippen LogP contribution in [0.4, 0.5) is 0 Å². The van der Waals surface area contributed by atoms with Crippen LogP contribution >= 0.6 is 23.2 Å². The number of allylic oxidation sites excluding steroid dienone is 2. The maximum absolute atomic E-state index is 12.7. The van der Waals surface area contributed by atoms with Crippen molar-refractivity contribution < 1.29 is 17.9 Å². The summed E-state index contributed by atoms with van der Waals surface area (Å²) in [6.07, 6.45) is 2.22. The molecular weight excluding hydrogens is 435 g/mol. The van der Waals surface area contributed by atoms with Crippen LogP contribution in [0.5, 0.6) is 5.75 Å². The molecule has 29 heavy (non-hydrogen) atoms. The molecule has 154 valence electrons. The Kier molecular flexibility index (Phi) is 6.53. The summed E-state index contributed by atoms with van der Waals surface area (Å²) in [7, 11) is -2.45. The van der Waals surface area contributed by atoms with E-state index >= 15 is 0 Å². The molecule has 1 aliphatic carbocycles. The second-order valence-electron chi connectivity index (χ2n) is 6.80. The molecule has 2 aromatic carbocycles. The van der Waals surface area contributed by atoms with Crippen molar-refractivity contribution in [2.24, 2.45) is 0 Å². The molecule has 2 aromatic rings. The van der Waals surface area contributed by atoms with Crippen LogP contribution in [-0.2, 0) is 14.8 Å². The van der Waals surface area contributed by atoms with Crippen molar-refractivity contribution in [3.05, 3.63) is 69.3 Å². The second-order valence-corrected chi connectivity index (χ2v) is 9.24. The normalized spacial score (nSPS) is 17.0. The van der Waals surface area contributed by atoms with Gasteiger partial charge in [-0.1, -0.05) is 35.3 Å². The van der Waals surface area contributed by atoms with Crippen LogP contribution in [-0.4, -0.2) is 21.3 Å². The Morgan fingerprint density at radius 2 is 1.69 bits per heavy atom. The zero-order valence-corrected chi connectivity index (χ0v) is 18.2. The molecule has 3 rings (SSSR count). The number of sulfonamides is 1. The minimum absolute atomic E-state index is 0.0223. The summed E-state index contributed by atoms with van der Waals surface area (Å²) in [6.45, 7) is 1.76. The Labute approximate surface area is 179 Å². The van der Waals surface area contributed by atoms with Gasteiger partial charge in [0.15, 0.2) is 5.78 Å². The minimum Gasteiger partial charge on any atom is -0.497 e. The SMILES string of the molecule is COc1ccc([C@H]2CC(=O)C=C(NNS(=O)(=O)c3c(Cl)cc(C)cc3Cl)C2)cc1. The van der Waals surface area contributed by atoms with Gasteiger partial charge in [-0.05, 0) is 54.7 Å². The molecule has 0 spiro atoms. The number of aryl methyl sites for hydroxylation is 1. The van der Waals surface area contributed by atoms with E-state index in [2.05, 4.69) is 10.3 Å². The molecule has 0 amide bonds. The summed E-state index contributed by atoms with van der Waals surface area (Å²) < 4.78 is 30.5. The molecule has 0 radical (unpaired) electrons. The lowest BCUT2D eigenvalue weighted by Crippen LogP contribution is -2.38. The van der Waals surface area contributed by atoms with Gasteiger partial charge in [0, 0.05) is 18.2 Å². The molecule has 0 heterocycles. The number of carbonyl (C=O) groups is 1. The summed E-state index contributed by atoms with van der Waals surface area (Å²) in [6, 6.07) is 10.5. The molecule has 0 saturated heterocycles. The van der Waals surface area contributed by atoms with E-state index in [1.165, 1.54) is 18.2 Å². The second kappa shape index (κ2) is 8.75. The van der Waals surface area contributed by atoms with Crippen molar-refractivity contribution in [1.82, 2.24) is 10.3 Å². The van der Waals surface area contributed by atoms with Crippen LogP contribution in [0, 0.1) is 6.92 Å². The number of ketones is 1. The Hall–Kier alpha value is -2.06. The predicted octanol–water partition coefficient (Wildman–Crippen LogP) is 4.12. The van der Waals surface area contributed by atoms with Gasteiger partial charge in [0.25, 0.3) is 10.0 Å². The maximum Gasteiger partial charge on any atom is 0.260 e. The number of nitrogens with one attached hydrogen (secondary N) is 2. The Morgan fingerprint density at radius 3 is 2.28 bits per heavy atom. The van der Waals surface area contributed by atoms with Crippen molar-refractivity contribution in [3.63, 3.8) is 0 Å². The molecule has 9 heteroatoms. The van der Waals surface area contributed by atoms with E-state index in [-0.39, 0.29) is 26.6 Å². The molecule has 1 atom stereocenters. The van der Waals surface area contributed by atoms with Gasteiger partial charge in [-0.2, -0.15) is 0 Å². The average molecular weight is 455 g/mol. The highest BCUT2D eigenvalue weighted by molar-refractivity contribution is 7.89. The Bertz CT molecular complexity index is 1040. The lowest BCUT2D eigenvalue weighted by atomic mass is 9.85. The molecule has 6 nitrogen and oxygen atoms in total. The molecule has 0 bridgehead atoms. The molecule has 0 fully saturated rings. The standard InChI is InChI=1S/C20H20Cl2N2O4S/c1-12-7-18(21)20(19(22)8-12)29(26,27)24-23-15-9-14(10-16(25)11-15)13-3-5-17(28-2)6-4-13/h3-8,11,14,23-24H,9-10H2,1-2H3/t14-/m1/s1. The van der Waals surface area contributed by atoms with Gasteiger partial charge in [0.2, 0.25) is 0 Å². The van der Waals surface area contributed by atoms with Crippen LogP contribution in [0.1, 0.15) is 29.9 Å². The minimum atomic E-state index is -4.04. The van der Waals surface area contributed by atoms with Gasteiger partial charge >= 0.3 is 0 Å². The highest BCUT2D eigenvalue weighted by Gasteiger charge is 2.25. The van der Waals surface area contributed by atoms with Crippen LogP contribution < -0.4 is 15.0 Å².